The first-order valence-electron chi connectivity index (χ1n) is 7.80. The Labute approximate surface area is 139 Å². The summed E-state index contributed by atoms with van der Waals surface area (Å²) in [5, 5.41) is 10.4. The van der Waals surface area contributed by atoms with Crippen molar-refractivity contribution in [3.63, 3.8) is 0 Å². The smallest absolute Gasteiger partial charge is 0.348 e. The number of aliphatic hydroxyl groups excluding tert-OH is 1. The van der Waals surface area contributed by atoms with Crippen molar-refractivity contribution in [1.82, 2.24) is 9.97 Å². The summed E-state index contributed by atoms with van der Waals surface area (Å²) in [4.78, 5) is 24.7. The number of aryl methyl sites for hydroxylation is 2. The van der Waals surface area contributed by atoms with Crippen LogP contribution < -0.4 is 4.90 Å². The molecule has 2 heterocycles. The zero-order chi connectivity index (χ0) is 16.6. The lowest BCUT2D eigenvalue weighted by atomic mass is 9.91. The van der Waals surface area contributed by atoms with Crippen LogP contribution in [0.2, 0.25) is 0 Å². The molecule has 0 spiro atoms. The summed E-state index contributed by atoms with van der Waals surface area (Å²) in [5.41, 5.74) is 0.856. The van der Waals surface area contributed by atoms with Crippen molar-refractivity contribution in [3.8, 4) is 0 Å². The van der Waals surface area contributed by atoms with E-state index in [1.807, 2.05) is 13.8 Å². The number of aliphatic hydroxyl groups is 1. The lowest BCUT2D eigenvalue weighted by molar-refractivity contribution is 0.0605. The highest BCUT2D eigenvalue weighted by molar-refractivity contribution is 7.20. The van der Waals surface area contributed by atoms with Crippen LogP contribution in [0.1, 0.15) is 40.3 Å². The molecule has 1 aliphatic carbocycles. The molecule has 0 aromatic carbocycles. The zero-order valence-electron chi connectivity index (χ0n) is 13.6. The summed E-state index contributed by atoms with van der Waals surface area (Å²) in [6, 6.07) is 0.403. The lowest BCUT2D eigenvalue weighted by Gasteiger charge is -2.38. The Balaban J connectivity index is 2.18. The Kier molecular flexibility index (Phi) is 4.50. The molecule has 0 atom stereocenters. The van der Waals surface area contributed by atoms with Crippen LogP contribution in [0.3, 0.4) is 0 Å². The van der Waals surface area contributed by atoms with Crippen molar-refractivity contribution in [3.05, 3.63) is 16.3 Å². The van der Waals surface area contributed by atoms with Gasteiger partial charge in [-0.15, -0.1) is 11.3 Å². The number of anilines is 1. The monoisotopic (exact) mass is 335 g/mol. The van der Waals surface area contributed by atoms with Crippen molar-refractivity contribution >= 4 is 33.3 Å². The van der Waals surface area contributed by atoms with Gasteiger partial charge in [-0.05, 0) is 38.7 Å². The maximum Gasteiger partial charge on any atom is 0.348 e. The van der Waals surface area contributed by atoms with Crippen molar-refractivity contribution in [2.75, 3.05) is 25.2 Å². The highest BCUT2D eigenvalue weighted by Crippen LogP contribution is 2.38. The van der Waals surface area contributed by atoms with E-state index in [1.165, 1.54) is 24.9 Å². The average Bonchev–Trinajstić information content (AvgIpc) is 2.80. The summed E-state index contributed by atoms with van der Waals surface area (Å²) in [7, 11) is 1.39. The third-order valence-electron chi connectivity index (χ3n) is 4.38. The molecule has 0 radical (unpaired) electrons. The number of ether oxygens (including phenoxy) is 1. The van der Waals surface area contributed by atoms with E-state index in [2.05, 4.69) is 14.9 Å². The maximum absolute atomic E-state index is 12.0. The predicted octanol–water partition coefficient (Wildman–Crippen LogP) is 2.45. The zero-order valence-corrected chi connectivity index (χ0v) is 14.4. The quantitative estimate of drug-likeness (QED) is 0.846. The molecule has 6 nitrogen and oxygen atoms in total. The Morgan fingerprint density at radius 1 is 1.39 bits per heavy atom. The molecule has 0 saturated heterocycles. The predicted molar refractivity (Wildman–Crippen MR) is 90.3 cm³/mol. The van der Waals surface area contributed by atoms with Gasteiger partial charge in [-0.1, -0.05) is 0 Å². The highest BCUT2D eigenvalue weighted by atomic mass is 32.1. The average molecular weight is 335 g/mol. The van der Waals surface area contributed by atoms with Crippen molar-refractivity contribution in [1.29, 1.82) is 0 Å². The van der Waals surface area contributed by atoms with E-state index >= 15 is 0 Å². The summed E-state index contributed by atoms with van der Waals surface area (Å²) < 4.78 is 4.87. The highest BCUT2D eigenvalue weighted by Gasteiger charge is 2.29. The van der Waals surface area contributed by atoms with Crippen molar-refractivity contribution in [2.24, 2.45) is 0 Å². The van der Waals surface area contributed by atoms with Crippen LogP contribution >= 0.6 is 11.3 Å². The fourth-order valence-electron chi connectivity index (χ4n) is 2.98. The third kappa shape index (κ3) is 2.79. The van der Waals surface area contributed by atoms with Crippen LogP contribution in [0, 0.1) is 13.8 Å². The Bertz CT molecular complexity index is 740. The van der Waals surface area contributed by atoms with Crippen LogP contribution in [0.15, 0.2) is 0 Å². The summed E-state index contributed by atoms with van der Waals surface area (Å²) in [5.74, 6) is 1.16. The van der Waals surface area contributed by atoms with Crippen LogP contribution in [-0.4, -0.2) is 47.3 Å². The van der Waals surface area contributed by atoms with Gasteiger partial charge in [0, 0.05) is 12.6 Å². The minimum atomic E-state index is -0.341. The second-order valence-corrected chi connectivity index (χ2v) is 6.82. The normalized spacial score (nSPS) is 14.8. The second-order valence-electron chi connectivity index (χ2n) is 5.82. The Morgan fingerprint density at radius 3 is 2.70 bits per heavy atom. The van der Waals surface area contributed by atoms with Gasteiger partial charge in [0.1, 0.15) is 21.3 Å². The number of nitrogens with zero attached hydrogens (tertiary/aromatic N) is 3. The van der Waals surface area contributed by atoms with Gasteiger partial charge in [0.2, 0.25) is 0 Å². The number of thiophene rings is 1. The molecule has 3 rings (SSSR count). The second kappa shape index (κ2) is 6.41. The molecule has 23 heavy (non-hydrogen) atoms. The van der Waals surface area contributed by atoms with E-state index < -0.39 is 0 Å². The molecule has 1 aliphatic rings. The minimum Gasteiger partial charge on any atom is -0.465 e. The van der Waals surface area contributed by atoms with Crippen molar-refractivity contribution in [2.45, 2.75) is 39.2 Å². The molecular formula is C16H21N3O3S. The molecule has 1 fully saturated rings. The number of esters is 1. The van der Waals surface area contributed by atoms with Gasteiger partial charge >= 0.3 is 5.97 Å². The molecule has 0 amide bonds. The summed E-state index contributed by atoms with van der Waals surface area (Å²) >= 11 is 1.34. The number of fused-ring (bicyclic) bond motifs is 1. The number of aromatic nitrogens is 2. The number of methoxy groups -OCH3 is 1. The number of hydrogen-bond donors (Lipinski definition) is 1. The standard InChI is InChI=1S/C16H21N3O3S/c1-9-12-14(19(7-8-20)11-5-4-6-11)17-10(2)18-15(12)23-13(9)16(21)22-3/h11,20H,4-8H2,1-3H3. The molecule has 124 valence electrons. The third-order valence-corrected chi connectivity index (χ3v) is 5.55. The van der Waals surface area contributed by atoms with Crippen LogP contribution in [0.25, 0.3) is 10.2 Å². The fraction of sp³-hybridized carbons (Fsp3) is 0.562. The maximum atomic E-state index is 12.0. The number of carbonyl (C=O) groups excluding carboxylic acids is 1. The van der Waals surface area contributed by atoms with Crippen LogP contribution in [-0.2, 0) is 4.74 Å². The summed E-state index contributed by atoms with van der Waals surface area (Å²) in [6.45, 7) is 4.38. The van der Waals surface area contributed by atoms with E-state index in [0.29, 0.717) is 23.3 Å². The van der Waals surface area contributed by atoms with E-state index in [9.17, 15) is 9.90 Å². The van der Waals surface area contributed by atoms with E-state index in [1.54, 1.807) is 0 Å². The fourth-order valence-corrected chi connectivity index (χ4v) is 4.12. The Morgan fingerprint density at radius 2 is 2.13 bits per heavy atom. The molecule has 0 bridgehead atoms. The molecule has 0 aliphatic heterocycles. The number of carbonyl (C=O) groups is 1. The van der Waals surface area contributed by atoms with E-state index in [0.717, 1.165) is 34.4 Å². The minimum absolute atomic E-state index is 0.0775. The number of rotatable bonds is 5. The van der Waals surface area contributed by atoms with Gasteiger partial charge in [-0.2, -0.15) is 0 Å². The van der Waals surface area contributed by atoms with Gasteiger partial charge in [-0.3, -0.25) is 0 Å². The largest absolute Gasteiger partial charge is 0.465 e. The molecule has 7 heteroatoms. The molecule has 2 aromatic heterocycles. The van der Waals surface area contributed by atoms with Gasteiger partial charge in [-0.25, -0.2) is 14.8 Å². The van der Waals surface area contributed by atoms with Crippen LogP contribution in [0.4, 0.5) is 5.82 Å². The first-order chi connectivity index (χ1) is 11.1. The first kappa shape index (κ1) is 16.1. The Hall–Kier alpha value is -1.73. The summed E-state index contributed by atoms with van der Waals surface area (Å²) in [6.07, 6.45) is 3.42. The molecule has 1 N–H and O–H groups in total. The van der Waals surface area contributed by atoms with Gasteiger partial charge in [0.15, 0.2) is 0 Å². The lowest BCUT2D eigenvalue weighted by Crippen LogP contribution is -2.42. The van der Waals surface area contributed by atoms with Gasteiger partial charge in [0.25, 0.3) is 0 Å². The van der Waals surface area contributed by atoms with Crippen molar-refractivity contribution < 1.29 is 14.6 Å². The SMILES string of the molecule is COC(=O)c1sc2nc(C)nc(N(CCO)C3CCC3)c2c1C. The first-order valence-corrected chi connectivity index (χ1v) is 8.62. The van der Waals surface area contributed by atoms with Gasteiger partial charge in [0.05, 0.1) is 19.1 Å². The van der Waals surface area contributed by atoms with E-state index in [-0.39, 0.29) is 12.6 Å². The van der Waals surface area contributed by atoms with E-state index in [4.69, 9.17) is 4.74 Å². The van der Waals surface area contributed by atoms with Crippen LogP contribution in [0.5, 0.6) is 0 Å². The molecule has 1 saturated carbocycles. The van der Waals surface area contributed by atoms with Gasteiger partial charge < -0.3 is 14.7 Å². The molecular weight excluding hydrogens is 314 g/mol. The topological polar surface area (TPSA) is 75.5 Å². The molecule has 0 unspecified atom stereocenters. The molecule has 2 aromatic rings. The number of hydrogen-bond acceptors (Lipinski definition) is 7.